The van der Waals surface area contributed by atoms with E-state index in [1.165, 1.54) is 12.8 Å². The number of hydrogen-bond acceptors (Lipinski definition) is 7. The average Bonchev–Trinajstić information content (AvgIpc) is 3.44. The lowest BCUT2D eigenvalue weighted by molar-refractivity contribution is -0.127. The third kappa shape index (κ3) is 4.56. The second-order valence-corrected chi connectivity index (χ2v) is 8.28. The van der Waals surface area contributed by atoms with Crippen LogP contribution in [0.25, 0.3) is 11.4 Å². The smallest absolute Gasteiger partial charge is 0.241 e. The number of thiophene rings is 1. The maximum absolute atomic E-state index is 12.5. The number of aromatic nitrogens is 2. The lowest BCUT2D eigenvalue weighted by Gasteiger charge is -2.37. The van der Waals surface area contributed by atoms with Crippen molar-refractivity contribution in [3.63, 3.8) is 0 Å². The van der Waals surface area contributed by atoms with E-state index in [9.17, 15) is 4.79 Å². The summed E-state index contributed by atoms with van der Waals surface area (Å²) in [4.78, 5) is 21.6. The standard InChI is InChI=1S/C19H27N5O2S/c1-14(19(25)20-16-4-2-3-5-16)24-9-7-23(8-10-24)12-17-21-18(22-26-17)15-6-11-27-13-15/h6,11,13-14,16H,2-5,7-10,12H2,1H3,(H,20,25). The van der Waals surface area contributed by atoms with Crippen molar-refractivity contribution in [3.8, 4) is 11.4 Å². The largest absolute Gasteiger partial charge is 0.352 e. The van der Waals surface area contributed by atoms with E-state index in [2.05, 4.69) is 25.3 Å². The van der Waals surface area contributed by atoms with Crippen LogP contribution in [0.3, 0.4) is 0 Å². The predicted molar refractivity (Wildman–Crippen MR) is 104 cm³/mol. The number of rotatable bonds is 6. The third-order valence-corrected chi connectivity index (χ3v) is 6.33. The van der Waals surface area contributed by atoms with Crippen molar-refractivity contribution >= 4 is 17.2 Å². The van der Waals surface area contributed by atoms with Crippen LogP contribution in [-0.2, 0) is 11.3 Å². The van der Waals surface area contributed by atoms with Gasteiger partial charge in [-0.05, 0) is 31.2 Å². The van der Waals surface area contributed by atoms with Gasteiger partial charge in [-0.1, -0.05) is 18.0 Å². The van der Waals surface area contributed by atoms with E-state index in [1.54, 1.807) is 11.3 Å². The maximum Gasteiger partial charge on any atom is 0.241 e. The first-order valence-corrected chi connectivity index (χ1v) is 10.8. The highest BCUT2D eigenvalue weighted by Gasteiger charge is 2.28. The first-order valence-electron chi connectivity index (χ1n) is 9.81. The number of piperazine rings is 1. The molecule has 0 spiro atoms. The molecule has 1 aliphatic carbocycles. The first-order chi connectivity index (χ1) is 13.2. The van der Waals surface area contributed by atoms with Crippen molar-refractivity contribution in [3.05, 3.63) is 22.7 Å². The average molecular weight is 390 g/mol. The zero-order chi connectivity index (χ0) is 18.6. The molecule has 27 heavy (non-hydrogen) atoms. The van der Waals surface area contributed by atoms with Gasteiger partial charge in [0.1, 0.15) is 0 Å². The van der Waals surface area contributed by atoms with Gasteiger partial charge in [0, 0.05) is 43.2 Å². The molecule has 1 unspecified atom stereocenters. The van der Waals surface area contributed by atoms with Gasteiger partial charge in [-0.3, -0.25) is 14.6 Å². The molecule has 2 aromatic rings. The van der Waals surface area contributed by atoms with E-state index in [1.807, 2.05) is 23.8 Å². The summed E-state index contributed by atoms with van der Waals surface area (Å²) in [6.45, 7) is 6.24. The van der Waals surface area contributed by atoms with Gasteiger partial charge >= 0.3 is 0 Å². The van der Waals surface area contributed by atoms with Gasteiger partial charge in [0.25, 0.3) is 0 Å². The van der Waals surface area contributed by atoms with Gasteiger partial charge in [-0.2, -0.15) is 16.3 Å². The second kappa shape index (κ2) is 8.50. The van der Waals surface area contributed by atoms with Crippen LogP contribution in [0.5, 0.6) is 0 Å². The molecule has 0 radical (unpaired) electrons. The molecular formula is C19H27N5O2S. The van der Waals surface area contributed by atoms with Gasteiger partial charge in [0.05, 0.1) is 12.6 Å². The Morgan fingerprint density at radius 2 is 2.11 bits per heavy atom. The van der Waals surface area contributed by atoms with Gasteiger partial charge < -0.3 is 9.84 Å². The number of hydrogen-bond donors (Lipinski definition) is 1. The fraction of sp³-hybridized carbons (Fsp3) is 0.632. The van der Waals surface area contributed by atoms with Crippen molar-refractivity contribution in [1.82, 2.24) is 25.3 Å². The topological polar surface area (TPSA) is 74.5 Å². The summed E-state index contributed by atoms with van der Waals surface area (Å²) in [6.07, 6.45) is 4.73. The van der Waals surface area contributed by atoms with Crippen LogP contribution in [0, 0.1) is 0 Å². The Labute approximate surface area is 163 Å². The Morgan fingerprint density at radius 3 is 2.81 bits per heavy atom. The highest BCUT2D eigenvalue weighted by atomic mass is 32.1. The molecule has 1 N–H and O–H groups in total. The molecule has 1 saturated heterocycles. The highest BCUT2D eigenvalue weighted by molar-refractivity contribution is 7.08. The SMILES string of the molecule is CC(C(=O)NC1CCCC1)N1CCN(Cc2nc(-c3ccsc3)no2)CC1. The Balaban J connectivity index is 1.24. The molecule has 146 valence electrons. The van der Waals surface area contributed by atoms with Crippen LogP contribution < -0.4 is 5.32 Å². The number of amides is 1. The summed E-state index contributed by atoms with van der Waals surface area (Å²) < 4.78 is 5.40. The summed E-state index contributed by atoms with van der Waals surface area (Å²) in [5.74, 6) is 1.48. The van der Waals surface area contributed by atoms with Crippen molar-refractivity contribution in [1.29, 1.82) is 0 Å². The molecule has 1 amide bonds. The molecule has 0 aromatic carbocycles. The number of nitrogens with one attached hydrogen (secondary N) is 1. The van der Waals surface area contributed by atoms with Gasteiger partial charge in [-0.25, -0.2) is 0 Å². The molecule has 0 bridgehead atoms. The summed E-state index contributed by atoms with van der Waals surface area (Å²) >= 11 is 1.62. The lowest BCUT2D eigenvalue weighted by atomic mass is 10.2. The molecule has 2 fully saturated rings. The van der Waals surface area contributed by atoms with E-state index < -0.39 is 0 Å². The van der Waals surface area contributed by atoms with Crippen LogP contribution in [0.2, 0.25) is 0 Å². The fourth-order valence-corrected chi connectivity index (χ4v) is 4.52. The zero-order valence-corrected chi connectivity index (χ0v) is 16.6. The summed E-state index contributed by atoms with van der Waals surface area (Å²) in [6, 6.07) is 2.31. The van der Waals surface area contributed by atoms with E-state index in [4.69, 9.17) is 4.52 Å². The second-order valence-electron chi connectivity index (χ2n) is 7.50. The number of carbonyl (C=O) groups is 1. The minimum absolute atomic E-state index is 0.0682. The van der Waals surface area contributed by atoms with Crippen molar-refractivity contribution < 1.29 is 9.32 Å². The molecule has 3 heterocycles. The Bertz CT molecular complexity index is 733. The molecule has 1 atom stereocenters. The molecule has 2 aliphatic rings. The monoisotopic (exact) mass is 389 g/mol. The van der Waals surface area contributed by atoms with E-state index in [0.717, 1.165) is 44.6 Å². The lowest BCUT2D eigenvalue weighted by Crippen LogP contribution is -2.54. The molecule has 2 aromatic heterocycles. The Morgan fingerprint density at radius 1 is 1.33 bits per heavy atom. The van der Waals surface area contributed by atoms with Crippen molar-refractivity contribution in [2.45, 2.75) is 51.2 Å². The van der Waals surface area contributed by atoms with Gasteiger partial charge in [0.2, 0.25) is 17.6 Å². The first kappa shape index (κ1) is 18.6. The molecular weight excluding hydrogens is 362 g/mol. The molecule has 1 saturated carbocycles. The molecule has 4 rings (SSSR count). The third-order valence-electron chi connectivity index (χ3n) is 5.64. The van der Waals surface area contributed by atoms with Crippen LogP contribution in [0.1, 0.15) is 38.5 Å². The van der Waals surface area contributed by atoms with E-state index in [-0.39, 0.29) is 11.9 Å². The molecule has 7 nitrogen and oxygen atoms in total. The number of carbonyl (C=O) groups excluding carboxylic acids is 1. The summed E-state index contributed by atoms with van der Waals surface area (Å²) in [7, 11) is 0. The Hall–Kier alpha value is -1.77. The van der Waals surface area contributed by atoms with Crippen molar-refractivity contribution in [2.75, 3.05) is 26.2 Å². The van der Waals surface area contributed by atoms with Crippen molar-refractivity contribution in [2.24, 2.45) is 0 Å². The molecule has 1 aliphatic heterocycles. The predicted octanol–water partition coefficient (Wildman–Crippen LogP) is 2.36. The highest BCUT2D eigenvalue weighted by Crippen LogP contribution is 2.20. The minimum atomic E-state index is -0.0682. The van der Waals surface area contributed by atoms with Crippen LogP contribution in [0.15, 0.2) is 21.3 Å². The van der Waals surface area contributed by atoms with Crippen LogP contribution in [-0.4, -0.2) is 64.1 Å². The number of nitrogens with zero attached hydrogens (tertiary/aromatic N) is 4. The molecule has 8 heteroatoms. The minimum Gasteiger partial charge on any atom is -0.352 e. The maximum atomic E-state index is 12.5. The summed E-state index contributed by atoms with van der Waals surface area (Å²) in [5, 5.41) is 11.3. The van der Waals surface area contributed by atoms with E-state index >= 15 is 0 Å². The quantitative estimate of drug-likeness (QED) is 0.818. The Kier molecular flexibility index (Phi) is 5.85. The van der Waals surface area contributed by atoms with Crippen LogP contribution in [0.4, 0.5) is 0 Å². The van der Waals surface area contributed by atoms with Gasteiger partial charge in [-0.15, -0.1) is 0 Å². The zero-order valence-electron chi connectivity index (χ0n) is 15.8. The fourth-order valence-electron chi connectivity index (χ4n) is 3.89. The van der Waals surface area contributed by atoms with Crippen LogP contribution >= 0.6 is 11.3 Å². The van der Waals surface area contributed by atoms with Gasteiger partial charge in [0.15, 0.2) is 0 Å². The summed E-state index contributed by atoms with van der Waals surface area (Å²) in [5.41, 5.74) is 1.00. The normalized spacial score (nSPS) is 20.8. The van der Waals surface area contributed by atoms with E-state index in [0.29, 0.717) is 24.3 Å².